The van der Waals surface area contributed by atoms with Crippen molar-refractivity contribution in [2.75, 3.05) is 13.6 Å². The summed E-state index contributed by atoms with van der Waals surface area (Å²) in [6.45, 7) is 2.90. The Balaban J connectivity index is 2.69. The van der Waals surface area contributed by atoms with Gasteiger partial charge in [-0.15, -0.1) is 0 Å². The third-order valence-corrected chi connectivity index (χ3v) is 2.89. The van der Waals surface area contributed by atoms with E-state index in [2.05, 4.69) is 5.32 Å². The van der Waals surface area contributed by atoms with Crippen molar-refractivity contribution < 1.29 is 29.1 Å². The van der Waals surface area contributed by atoms with E-state index in [4.69, 9.17) is 5.11 Å². The van der Waals surface area contributed by atoms with Gasteiger partial charge in [0.1, 0.15) is 12.6 Å². The molecule has 1 unspecified atom stereocenters. The van der Waals surface area contributed by atoms with Crippen LogP contribution in [0.3, 0.4) is 0 Å². The first-order valence-electron chi connectivity index (χ1n) is 6.30. The molecule has 9 nitrogen and oxygen atoms in total. The Kier molecular flexibility index (Phi) is 5.01. The molecule has 0 aromatic heterocycles. The Morgan fingerprint density at radius 3 is 2.14 bits per heavy atom. The van der Waals surface area contributed by atoms with Crippen LogP contribution in [-0.2, 0) is 19.2 Å². The largest absolute Gasteiger partial charge is 0.480 e. The number of rotatable bonds is 6. The molecule has 1 rings (SSSR count). The molecule has 1 atom stereocenters. The number of hydrogen-bond donors (Lipinski definition) is 2. The van der Waals surface area contributed by atoms with E-state index in [0.29, 0.717) is 9.80 Å². The summed E-state index contributed by atoms with van der Waals surface area (Å²) in [5, 5.41) is 11.2. The Labute approximate surface area is 120 Å². The molecule has 0 aromatic carbocycles. The van der Waals surface area contributed by atoms with E-state index in [1.807, 2.05) is 0 Å². The zero-order valence-electron chi connectivity index (χ0n) is 12.0. The molecular formula is C12H17N3O6. The predicted molar refractivity (Wildman–Crippen MR) is 68.9 cm³/mol. The number of carboxylic acid groups (broad SMARTS) is 1. The molecule has 1 saturated heterocycles. The summed E-state index contributed by atoms with van der Waals surface area (Å²) < 4.78 is 0. The highest BCUT2D eigenvalue weighted by Crippen LogP contribution is 2.09. The second kappa shape index (κ2) is 6.33. The van der Waals surface area contributed by atoms with Crippen molar-refractivity contribution in [3.05, 3.63) is 0 Å². The SMILES string of the molecule is CC(C)CC(NC(=O)CN1C(=O)C(=O)N(C)C1=O)C(=O)O. The summed E-state index contributed by atoms with van der Waals surface area (Å²) in [5.41, 5.74) is 0. The second-order valence-corrected chi connectivity index (χ2v) is 5.13. The number of imide groups is 2. The van der Waals surface area contributed by atoms with E-state index in [-0.39, 0.29) is 12.3 Å². The van der Waals surface area contributed by atoms with Crippen molar-refractivity contribution in [3.8, 4) is 0 Å². The lowest BCUT2D eigenvalue weighted by Gasteiger charge is -2.18. The minimum atomic E-state index is -1.20. The van der Waals surface area contributed by atoms with Crippen LogP contribution in [-0.4, -0.2) is 64.3 Å². The fraction of sp³-hybridized carbons (Fsp3) is 0.583. The van der Waals surface area contributed by atoms with Gasteiger partial charge in [0.2, 0.25) is 5.91 Å². The monoisotopic (exact) mass is 299 g/mol. The minimum absolute atomic E-state index is 0.0363. The zero-order valence-corrected chi connectivity index (χ0v) is 12.0. The van der Waals surface area contributed by atoms with Crippen LogP contribution in [0.2, 0.25) is 0 Å². The molecule has 9 heteroatoms. The number of urea groups is 1. The molecule has 0 spiro atoms. The summed E-state index contributed by atoms with van der Waals surface area (Å²) >= 11 is 0. The molecule has 1 heterocycles. The smallest absolute Gasteiger partial charge is 0.334 e. The zero-order chi connectivity index (χ0) is 16.3. The molecule has 1 aliphatic heterocycles. The standard InChI is InChI=1S/C12H17N3O6/c1-6(2)4-7(11(19)20)13-8(16)5-15-10(18)9(17)14(3)12(15)21/h6-7H,4-5H2,1-3H3,(H,13,16)(H,19,20). The maximum absolute atomic E-state index is 11.7. The average molecular weight is 299 g/mol. The quantitative estimate of drug-likeness (QED) is 0.480. The number of amides is 5. The number of carbonyl (C=O) groups excluding carboxylic acids is 4. The molecule has 2 N–H and O–H groups in total. The summed E-state index contributed by atoms with van der Waals surface area (Å²) in [5.74, 6) is -4.11. The molecule has 0 aliphatic carbocycles. The van der Waals surface area contributed by atoms with E-state index in [1.165, 1.54) is 0 Å². The normalized spacial score (nSPS) is 16.7. The van der Waals surface area contributed by atoms with Crippen molar-refractivity contribution in [1.82, 2.24) is 15.1 Å². The van der Waals surface area contributed by atoms with Crippen LogP contribution in [0.4, 0.5) is 4.79 Å². The Morgan fingerprint density at radius 2 is 1.76 bits per heavy atom. The lowest BCUT2D eigenvalue weighted by molar-refractivity contribution is -0.144. The lowest BCUT2D eigenvalue weighted by Crippen LogP contribution is -2.47. The molecular weight excluding hydrogens is 282 g/mol. The maximum atomic E-state index is 11.7. The lowest BCUT2D eigenvalue weighted by atomic mass is 10.0. The molecule has 5 amide bonds. The van der Waals surface area contributed by atoms with E-state index in [9.17, 15) is 24.0 Å². The minimum Gasteiger partial charge on any atom is -0.480 e. The van der Waals surface area contributed by atoms with Gasteiger partial charge in [-0.1, -0.05) is 13.8 Å². The Morgan fingerprint density at radius 1 is 1.19 bits per heavy atom. The Bertz CT molecular complexity index is 501. The summed E-state index contributed by atoms with van der Waals surface area (Å²) in [4.78, 5) is 58.2. The molecule has 0 saturated carbocycles. The fourth-order valence-electron chi connectivity index (χ4n) is 1.83. The number of likely N-dealkylation sites (N-methyl/N-ethyl adjacent to an activating group) is 1. The molecule has 116 valence electrons. The van der Waals surface area contributed by atoms with E-state index < -0.39 is 42.3 Å². The number of carboxylic acids is 1. The number of nitrogens with one attached hydrogen (secondary N) is 1. The van der Waals surface area contributed by atoms with Crippen LogP contribution in [0.15, 0.2) is 0 Å². The van der Waals surface area contributed by atoms with Crippen LogP contribution in [0, 0.1) is 5.92 Å². The Hall–Kier alpha value is -2.45. The third-order valence-electron chi connectivity index (χ3n) is 2.89. The predicted octanol–water partition coefficient (Wildman–Crippen LogP) is -0.977. The van der Waals surface area contributed by atoms with Crippen molar-refractivity contribution in [1.29, 1.82) is 0 Å². The van der Waals surface area contributed by atoms with Crippen LogP contribution >= 0.6 is 0 Å². The van der Waals surface area contributed by atoms with Gasteiger partial charge in [0.05, 0.1) is 0 Å². The summed E-state index contributed by atoms with van der Waals surface area (Å²) in [6, 6.07) is -2.02. The van der Waals surface area contributed by atoms with Crippen molar-refractivity contribution in [2.24, 2.45) is 5.92 Å². The highest BCUT2D eigenvalue weighted by atomic mass is 16.4. The van der Waals surface area contributed by atoms with E-state index in [1.54, 1.807) is 13.8 Å². The van der Waals surface area contributed by atoms with Gasteiger partial charge in [-0.2, -0.15) is 0 Å². The van der Waals surface area contributed by atoms with Gasteiger partial charge in [-0.05, 0) is 12.3 Å². The summed E-state index contributed by atoms with van der Waals surface area (Å²) in [7, 11) is 1.12. The first-order valence-corrected chi connectivity index (χ1v) is 6.30. The highest BCUT2D eigenvalue weighted by molar-refractivity contribution is 6.44. The van der Waals surface area contributed by atoms with Gasteiger partial charge >= 0.3 is 23.8 Å². The van der Waals surface area contributed by atoms with E-state index in [0.717, 1.165) is 7.05 Å². The summed E-state index contributed by atoms with van der Waals surface area (Å²) in [6.07, 6.45) is 0.210. The number of carbonyl (C=O) groups is 5. The molecule has 21 heavy (non-hydrogen) atoms. The van der Waals surface area contributed by atoms with Gasteiger partial charge < -0.3 is 10.4 Å². The topological polar surface area (TPSA) is 124 Å². The third kappa shape index (κ3) is 3.77. The van der Waals surface area contributed by atoms with Gasteiger partial charge in [-0.3, -0.25) is 19.3 Å². The first-order chi connectivity index (χ1) is 9.65. The highest BCUT2D eigenvalue weighted by Gasteiger charge is 2.43. The molecule has 0 aromatic rings. The number of aliphatic carboxylic acids is 1. The van der Waals surface area contributed by atoms with Crippen molar-refractivity contribution in [2.45, 2.75) is 26.3 Å². The van der Waals surface area contributed by atoms with Crippen LogP contribution < -0.4 is 5.32 Å². The average Bonchev–Trinajstić information content (AvgIpc) is 2.55. The fourth-order valence-corrected chi connectivity index (χ4v) is 1.83. The second-order valence-electron chi connectivity index (χ2n) is 5.13. The molecule has 0 radical (unpaired) electrons. The van der Waals surface area contributed by atoms with Gasteiger partial charge in [0.15, 0.2) is 0 Å². The van der Waals surface area contributed by atoms with Gasteiger partial charge in [0.25, 0.3) is 0 Å². The number of nitrogens with zero attached hydrogens (tertiary/aromatic N) is 2. The molecule has 1 fully saturated rings. The van der Waals surface area contributed by atoms with Crippen LogP contribution in [0.1, 0.15) is 20.3 Å². The molecule has 1 aliphatic rings. The van der Waals surface area contributed by atoms with Crippen molar-refractivity contribution in [3.63, 3.8) is 0 Å². The van der Waals surface area contributed by atoms with Crippen LogP contribution in [0.5, 0.6) is 0 Å². The van der Waals surface area contributed by atoms with Crippen LogP contribution in [0.25, 0.3) is 0 Å². The molecule has 0 bridgehead atoms. The van der Waals surface area contributed by atoms with Gasteiger partial charge in [0, 0.05) is 7.05 Å². The van der Waals surface area contributed by atoms with Gasteiger partial charge in [-0.25, -0.2) is 14.5 Å². The van der Waals surface area contributed by atoms with E-state index >= 15 is 0 Å². The first kappa shape index (κ1) is 16.6. The maximum Gasteiger partial charge on any atom is 0.334 e. The number of hydrogen-bond acceptors (Lipinski definition) is 5. The van der Waals surface area contributed by atoms with Crippen molar-refractivity contribution >= 4 is 29.7 Å².